The Morgan fingerprint density at radius 3 is 2.06 bits per heavy atom. The van der Waals surface area contributed by atoms with E-state index in [1.807, 2.05) is 0 Å². The third kappa shape index (κ3) is 8.60. The van der Waals surface area contributed by atoms with Crippen LogP contribution in [0.2, 0.25) is 19.6 Å². The van der Waals surface area contributed by atoms with Gasteiger partial charge in [0.05, 0.1) is 20.3 Å². The average molecular weight is 370 g/mol. The molecule has 0 spiro atoms. The van der Waals surface area contributed by atoms with Crippen LogP contribution in [0, 0.1) is 0 Å². The summed E-state index contributed by atoms with van der Waals surface area (Å²) in [5, 5.41) is 0. The van der Waals surface area contributed by atoms with Gasteiger partial charge in [-0.1, -0.05) is 74.8 Å². The molecule has 0 saturated heterocycles. The van der Waals surface area contributed by atoms with Crippen molar-refractivity contribution in [2.24, 2.45) is 0 Å². The van der Waals surface area contributed by atoms with Crippen LogP contribution in [-0.4, -0.2) is 23.8 Å². The molecule has 0 unspecified atom stereocenters. The predicted octanol–water partition coefficient (Wildman–Crippen LogP) is 5.43. The zero-order valence-corrected chi connectivity index (χ0v) is 15.7. The highest BCUT2D eigenvalue weighted by Crippen LogP contribution is 2.26. The second-order valence-electron chi connectivity index (χ2n) is 6.34. The molecule has 0 rings (SSSR count). The van der Waals surface area contributed by atoms with Crippen molar-refractivity contribution in [2.75, 3.05) is 0 Å². The topological polar surface area (TPSA) is 9.23 Å². The zero-order chi connectivity index (χ0) is 13.5. The molecule has 2 atom stereocenters. The predicted molar refractivity (Wildman–Crippen MR) is 89.9 cm³/mol. The minimum Gasteiger partial charge on any atom is -0.375 e. The second kappa shape index (κ2) is 8.91. The molecule has 0 aromatic heterocycles. The van der Waals surface area contributed by atoms with Gasteiger partial charge in [-0.05, 0) is 20.3 Å². The first-order chi connectivity index (χ1) is 7.79. The number of halogens is 1. The van der Waals surface area contributed by atoms with Crippen LogP contribution in [0.5, 0.6) is 0 Å². The summed E-state index contributed by atoms with van der Waals surface area (Å²) < 4.78 is 6.87. The van der Waals surface area contributed by atoms with Gasteiger partial charge >= 0.3 is 0 Å². The highest BCUT2D eigenvalue weighted by atomic mass is 127. The van der Waals surface area contributed by atoms with E-state index >= 15 is 0 Å². The van der Waals surface area contributed by atoms with Crippen LogP contribution < -0.4 is 0 Å². The molecule has 0 amide bonds. The second-order valence-corrected chi connectivity index (χ2v) is 14.2. The molecule has 0 aromatic carbocycles. The average Bonchev–Trinajstić information content (AvgIpc) is 2.19. The molecule has 0 fully saturated rings. The fraction of sp³-hybridized carbons (Fsp3) is 1.00. The Bertz CT molecular complexity index is 189. The van der Waals surface area contributed by atoms with Crippen molar-refractivity contribution < 1.29 is 4.74 Å². The Kier molecular flexibility index (Phi) is 9.39. The number of hydrogen-bond acceptors (Lipinski definition) is 1. The first-order valence-corrected chi connectivity index (χ1v) is 11.9. The van der Waals surface area contributed by atoms with Crippen LogP contribution in [0.1, 0.15) is 52.9 Å². The zero-order valence-electron chi connectivity index (χ0n) is 12.6. The van der Waals surface area contributed by atoms with E-state index in [1.54, 1.807) is 0 Å². The van der Waals surface area contributed by atoms with Crippen molar-refractivity contribution in [3.63, 3.8) is 0 Å². The summed E-state index contributed by atoms with van der Waals surface area (Å²) in [5.74, 6) is 0. The molecule has 0 bridgehead atoms. The highest BCUT2D eigenvalue weighted by Gasteiger charge is 2.32. The summed E-state index contributed by atoms with van der Waals surface area (Å²) in [6.45, 7) is 13.9. The van der Waals surface area contributed by atoms with Crippen LogP contribution in [-0.2, 0) is 4.74 Å². The van der Waals surface area contributed by atoms with Gasteiger partial charge in [0, 0.05) is 3.55 Å². The molecular formula is C14H31IOSi. The molecule has 0 aliphatic carbocycles. The Morgan fingerprint density at radius 1 is 1.06 bits per heavy atom. The van der Waals surface area contributed by atoms with Crippen molar-refractivity contribution in [1.29, 1.82) is 0 Å². The molecule has 0 heterocycles. The summed E-state index contributed by atoms with van der Waals surface area (Å²) in [7, 11) is -1.10. The maximum atomic E-state index is 6.15. The SMILES string of the molecule is CCCCCC[C@H](OC(C)C)[C@@H](I)[Si](C)(C)C. The molecule has 17 heavy (non-hydrogen) atoms. The fourth-order valence-electron chi connectivity index (χ4n) is 1.96. The van der Waals surface area contributed by atoms with Gasteiger partial charge in [0.25, 0.3) is 0 Å². The van der Waals surface area contributed by atoms with Crippen LogP contribution in [0.15, 0.2) is 0 Å². The lowest BCUT2D eigenvalue weighted by Crippen LogP contribution is -2.44. The normalized spacial score (nSPS) is 16.2. The van der Waals surface area contributed by atoms with E-state index in [2.05, 4.69) is 63.0 Å². The molecule has 0 saturated carbocycles. The largest absolute Gasteiger partial charge is 0.375 e. The minimum absolute atomic E-state index is 0.361. The minimum atomic E-state index is -1.10. The van der Waals surface area contributed by atoms with Crippen molar-refractivity contribution in [2.45, 2.75) is 88.3 Å². The Morgan fingerprint density at radius 2 is 1.65 bits per heavy atom. The van der Waals surface area contributed by atoms with Gasteiger partial charge in [0.2, 0.25) is 0 Å². The van der Waals surface area contributed by atoms with E-state index in [-0.39, 0.29) is 0 Å². The molecular weight excluding hydrogens is 339 g/mol. The third-order valence-electron chi connectivity index (χ3n) is 2.94. The Balaban J connectivity index is 4.23. The molecule has 0 aromatic rings. The molecule has 1 nitrogen and oxygen atoms in total. The van der Waals surface area contributed by atoms with Gasteiger partial charge in [-0.3, -0.25) is 0 Å². The van der Waals surface area contributed by atoms with E-state index < -0.39 is 8.07 Å². The Labute approximate surface area is 123 Å². The number of rotatable bonds is 9. The van der Waals surface area contributed by atoms with Crippen molar-refractivity contribution in [1.82, 2.24) is 0 Å². The van der Waals surface area contributed by atoms with E-state index in [9.17, 15) is 0 Å². The van der Waals surface area contributed by atoms with E-state index in [1.165, 1.54) is 32.1 Å². The smallest absolute Gasteiger partial charge is 0.0671 e. The number of unbranched alkanes of at least 4 members (excludes halogenated alkanes) is 3. The lowest BCUT2D eigenvalue weighted by Gasteiger charge is -2.33. The summed E-state index contributed by atoms with van der Waals surface area (Å²) in [4.78, 5) is 0. The fourth-order valence-corrected chi connectivity index (χ4v) is 3.85. The summed E-state index contributed by atoms with van der Waals surface area (Å²) in [5.41, 5.74) is 0. The quantitative estimate of drug-likeness (QED) is 0.228. The summed E-state index contributed by atoms with van der Waals surface area (Å²) in [6.07, 6.45) is 7.46. The van der Waals surface area contributed by atoms with Gasteiger partial charge in [-0.2, -0.15) is 0 Å². The van der Waals surface area contributed by atoms with Gasteiger partial charge in [-0.15, -0.1) is 0 Å². The van der Waals surface area contributed by atoms with Crippen molar-refractivity contribution in [3.8, 4) is 0 Å². The lowest BCUT2D eigenvalue weighted by atomic mass is 10.1. The summed E-state index contributed by atoms with van der Waals surface area (Å²) >= 11 is 2.64. The number of alkyl halides is 1. The Hall–Kier alpha value is 0.907. The molecule has 104 valence electrons. The highest BCUT2D eigenvalue weighted by molar-refractivity contribution is 14.1. The molecule has 0 radical (unpaired) electrons. The van der Waals surface area contributed by atoms with Crippen LogP contribution in [0.4, 0.5) is 0 Å². The van der Waals surface area contributed by atoms with E-state index in [0.29, 0.717) is 12.2 Å². The van der Waals surface area contributed by atoms with Gasteiger partial charge < -0.3 is 4.74 Å². The van der Waals surface area contributed by atoms with Gasteiger partial charge in [-0.25, -0.2) is 0 Å². The standard InChI is InChI=1S/C14H31IOSi/c1-7-8-9-10-11-13(16-12(2)3)14(15)17(4,5)6/h12-14H,7-11H2,1-6H3/t13-,14-/m0/s1. The summed E-state index contributed by atoms with van der Waals surface area (Å²) in [6, 6.07) is 0. The first kappa shape index (κ1) is 17.9. The van der Waals surface area contributed by atoms with E-state index in [4.69, 9.17) is 4.74 Å². The maximum Gasteiger partial charge on any atom is 0.0671 e. The lowest BCUT2D eigenvalue weighted by molar-refractivity contribution is 0.0115. The van der Waals surface area contributed by atoms with Gasteiger partial charge in [0.15, 0.2) is 0 Å². The van der Waals surface area contributed by atoms with Crippen LogP contribution in [0.25, 0.3) is 0 Å². The molecule has 0 aliphatic heterocycles. The van der Waals surface area contributed by atoms with Crippen molar-refractivity contribution in [3.05, 3.63) is 0 Å². The van der Waals surface area contributed by atoms with Crippen LogP contribution in [0.3, 0.4) is 0 Å². The number of hydrogen-bond donors (Lipinski definition) is 0. The molecule has 0 N–H and O–H groups in total. The monoisotopic (exact) mass is 370 g/mol. The first-order valence-electron chi connectivity index (χ1n) is 7.08. The maximum absolute atomic E-state index is 6.15. The van der Waals surface area contributed by atoms with Crippen LogP contribution >= 0.6 is 22.6 Å². The molecule has 3 heteroatoms. The molecule has 0 aliphatic rings. The van der Waals surface area contributed by atoms with E-state index in [0.717, 1.165) is 3.55 Å². The van der Waals surface area contributed by atoms with Crippen molar-refractivity contribution >= 4 is 30.7 Å². The number of ether oxygens (including phenoxy) is 1. The third-order valence-corrected chi connectivity index (χ3v) is 11.4. The van der Waals surface area contributed by atoms with Gasteiger partial charge in [0.1, 0.15) is 0 Å².